The van der Waals surface area contributed by atoms with Crippen LogP contribution < -0.4 is 10.0 Å². The molecule has 0 fully saturated rings. The van der Waals surface area contributed by atoms with Crippen molar-refractivity contribution in [3.8, 4) is 22.5 Å². The van der Waals surface area contributed by atoms with E-state index in [0.717, 1.165) is 33.7 Å². The van der Waals surface area contributed by atoms with Crippen molar-refractivity contribution in [2.45, 2.75) is 13.8 Å². The topological polar surface area (TPSA) is 99.1 Å². The van der Waals surface area contributed by atoms with Crippen molar-refractivity contribution >= 4 is 17.4 Å². The standard InChI is InChI=1S/C25H20N6O2/c1-16-5-3-6-18(13-16)23-24(31-22(29-23)7-4-10-27-31)19-8-11-26-21(15-19)28-25(32)20-9-12-30(33)17(2)14-20/h3-15H,1-2H3,(H,26,28,32). The largest absolute Gasteiger partial charge is 0.619 e. The predicted octanol–water partition coefficient (Wildman–Crippen LogP) is 3.96. The van der Waals surface area contributed by atoms with E-state index in [2.05, 4.69) is 21.5 Å². The van der Waals surface area contributed by atoms with E-state index in [9.17, 15) is 10.0 Å². The summed E-state index contributed by atoms with van der Waals surface area (Å²) < 4.78 is 2.49. The maximum Gasteiger partial charge on any atom is 0.257 e. The number of pyridine rings is 2. The molecule has 33 heavy (non-hydrogen) atoms. The molecule has 1 amide bonds. The van der Waals surface area contributed by atoms with E-state index < -0.39 is 0 Å². The number of anilines is 1. The molecule has 5 rings (SSSR count). The third kappa shape index (κ3) is 3.89. The van der Waals surface area contributed by atoms with Gasteiger partial charge < -0.3 is 10.5 Å². The number of rotatable bonds is 4. The van der Waals surface area contributed by atoms with Crippen LogP contribution in [0.25, 0.3) is 28.2 Å². The van der Waals surface area contributed by atoms with E-state index in [0.29, 0.717) is 21.8 Å². The van der Waals surface area contributed by atoms with Crippen LogP contribution >= 0.6 is 0 Å². The molecule has 0 aliphatic rings. The summed E-state index contributed by atoms with van der Waals surface area (Å²) in [7, 11) is 0. The molecule has 1 N–H and O–H groups in total. The first-order valence-electron chi connectivity index (χ1n) is 10.4. The fourth-order valence-corrected chi connectivity index (χ4v) is 3.72. The lowest BCUT2D eigenvalue weighted by Crippen LogP contribution is -2.30. The van der Waals surface area contributed by atoms with Crippen LogP contribution in [0, 0.1) is 19.1 Å². The minimum Gasteiger partial charge on any atom is -0.619 e. The van der Waals surface area contributed by atoms with Crippen LogP contribution in [0.5, 0.6) is 0 Å². The van der Waals surface area contributed by atoms with Crippen molar-refractivity contribution in [3.63, 3.8) is 0 Å². The molecule has 4 heterocycles. The summed E-state index contributed by atoms with van der Waals surface area (Å²) in [6.45, 7) is 3.68. The maximum absolute atomic E-state index is 12.7. The van der Waals surface area contributed by atoms with E-state index in [1.54, 1.807) is 29.9 Å². The van der Waals surface area contributed by atoms with Gasteiger partial charge in [-0.2, -0.15) is 9.83 Å². The molecular weight excluding hydrogens is 416 g/mol. The Morgan fingerprint density at radius 2 is 1.88 bits per heavy atom. The van der Waals surface area contributed by atoms with Gasteiger partial charge in [0.2, 0.25) is 0 Å². The van der Waals surface area contributed by atoms with E-state index >= 15 is 0 Å². The maximum atomic E-state index is 12.7. The fraction of sp³-hybridized carbons (Fsp3) is 0.0800. The molecule has 1 aromatic carbocycles. The predicted molar refractivity (Wildman–Crippen MR) is 124 cm³/mol. The second-order valence-electron chi connectivity index (χ2n) is 7.74. The molecule has 0 radical (unpaired) electrons. The Bertz CT molecular complexity index is 1510. The molecule has 4 aromatic heterocycles. The SMILES string of the molecule is Cc1cccc(-c2nc3cccnn3c2-c2ccnc(NC(=O)c3cc[n+]([O-])c(C)c3)c2)c1. The molecule has 0 aliphatic carbocycles. The third-order valence-corrected chi connectivity index (χ3v) is 5.32. The number of carbonyl (C=O) groups excluding carboxylic acids is 1. The Balaban J connectivity index is 1.57. The summed E-state index contributed by atoms with van der Waals surface area (Å²) in [6, 6.07) is 18.5. The monoisotopic (exact) mass is 436 g/mol. The van der Waals surface area contributed by atoms with E-state index in [-0.39, 0.29) is 5.91 Å². The Kier molecular flexibility index (Phi) is 5.02. The zero-order valence-corrected chi connectivity index (χ0v) is 18.1. The Hall–Kier alpha value is -4.59. The van der Waals surface area contributed by atoms with Gasteiger partial charge in [0.05, 0.1) is 11.3 Å². The molecule has 0 atom stereocenters. The highest BCUT2D eigenvalue weighted by Crippen LogP contribution is 2.33. The molecule has 162 valence electrons. The number of fused-ring (bicyclic) bond motifs is 1. The highest BCUT2D eigenvalue weighted by Gasteiger charge is 2.18. The summed E-state index contributed by atoms with van der Waals surface area (Å²) in [5, 5.41) is 18.9. The number of imidazole rings is 1. The van der Waals surface area contributed by atoms with Crippen LogP contribution in [0.1, 0.15) is 21.6 Å². The van der Waals surface area contributed by atoms with Gasteiger partial charge in [-0.3, -0.25) is 4.79 Å². The normalized spacial score (nSPS) is 11.0. The van der Waals surface area contributed by atoms with Gasteiger partial charge in [-0.25, -0.2) is 14.5 Å². The van der Waals surface area contributed by atoms with Crippen molar-refractivity contribution in [2.24, 2.45) is 0 Å². The van der Waals surface area contributed by atoms with Crippen LogP contribution in [0.2, 0.25) is 0 Å². The van der Waals surface area contributed by atoms with Crippen LogP contribution in [-0.4, -0.2) is 25.5 Å². The molecule has 0 unspecified atom stereocenters. The first-order chi connectivity index (χ1) is 16.0. The van der Waals surface area contributed by atoms with Crippen LogP contribution in [0.3, 0.4) is 0 Å². The molecule has 0 aliphatic heterocycles. The Morgan fingerprint density at radius 1 is 1.00 bits per heavy atom. The number of hydrogen-bond acceptors (Lipinski definition) is 5. The highest BCUT2D eigenvalue weighted by atomic mass is 16.5. The van der Waals surface area contributed by atoms with Crippen molar-refractivity contribution in [3.05, 3.63) is 101 Å². The molecular formula is C25H20N6O2. The molecule has 0 spiro atoms. The Labute approximate surface area is 189 Å². The van der Waals surface area contributed by atoms with Gasteiger partial charge >= 0.3 is 0 Å². The smallest absolute Gasteiger partial charge is 0.257 e. The zero-order valence-electron chi connectivity index (χ0n) is 18.1. The second-order valence-corrected chi connectivity index (χ2v) is 7.74. The summed E-state index contributed by atoms with van der Waals surface area (Å²) in [4.78, 5) is 21.8. The number of carbonyl (C=O) groups is 1. The Morgan fingerprint density at radius 3 is 2.70 bits per heavy atom. The lowest BCUT2D eigenvalue weighted by atomic mass is 10.0. The molecule has 0 saturated heterocycles. The summed E-state index contributed by atoms with van der Waals surface area (Å²) >= 11 is 0. The van der Waals surface area contributed by atoms with Gasteiger partial charge in [0.1, 0.15) is 11.5 Å². The van der Waals surface area contributed by atoms with Crippen molar-refractivity contribution in [1.82, 2.24) is 19.6 Å². The number of nitrogens with zero attached hydrogens (tertiary/aromatic N) is 5. The quantitative estimate of drug-likeness (QED) is 0.340. The highest BCUT2D eigenvalue weighted by molar-refractivity contribution is 6.04. The molecule has 8 heteroatoms. The average Bonchev–Trinajstić information content (AvgIpc) is 3.21. The van der Waals surface area contributed by atoms with E-state index in [4.69, 9.17) is 4.98 Å². The lowest BCUT2D eigenvalue weighted by molar-refractivity contribution is -0.612. The van der Waals surface area contributed by atoms with Gasteiger partial charge in [0.25, 0.3) is 5.91 Å². The summed E-state index contributed by atoms with van der Waals surface area (Å²) in [6.07, 6.45) is 4.66. The number of amides is 1. The van der Waals surface area contributed by atoms with Gasteiger partial charge in [-0.15, -0.1) is 0 Å². The number of aromatic nitrogens is 5. The van der Waals surface area contributed by atoms with Crippen molar-refractivity contribution < 1.29 is 9.52 Å². The minimum atomic E-state index is -0.349. The number of hydrogen-bond donors (Lipinski definition) is 1. The molecule has 5 aromatic rings. The van der Waals surface area contributed by atoms with E-state index in [1.807, 2.05) is 43.3 Å². The molecule has 8 nitrogen and oxygen atoms in total. The first kappa shape index (κ1) is 20.3. The van der Waals surface area contributed by atoms with Gasteiger partial charge in [0.15, 0.2) is 17.5 Å². The number of aryl methyl sites for hydroxylation is 2. The van der Waals surface area contributed by atoms with Gasteiger partial charge in [-0.1, -0.05) is 23.8 Å². The third-order valence-electron chi connectivity index (χ3n) is 5.32. The van der Waals surface area contributed by atoms with E-state index in [1.165, 1.54) is 18.3 Å². The number of nitrogens with one attached hydrogen (secondary N) is 1. The van der Waals surface area contributed by atoms with Crippen LogP contribution in [0.4, 0.5) is 5.82 Å². The summed E-state index contributed by atoms with van der Waals surface area (Å²) in [5.41, 5.74) is 6.04. The summed E-state index contributed by atoms with van der Waals surface area (Å²) in [5.74, 6) is 0.0357. The van der Waals surface area contributed by atoms with Gasteiger partial charge in [0, 0.05) is 42.6 Å². The first-order valence-corrected chi connectivity index (χ1v) is 10.4. The van der Waals surface area contributed by atoms with Gasteiger partial charge in [-0.05, 0) is 37.3 Å². The zero-order chi connectivity index (χ0) is 22.9. The van der Waals surface area contributed by atoms with Crippen molar-refractivity contribution in [2.75, 3.05) is 5.32 Å². The van der Waals surface area contributed by atoms with Crippen LogP contribution in [-0.2, 0) is 0 Å². The number of benzene rings is 1. The average molecular weight is 436 g/mol. The lowest BCUT2D eigenvalue weighted by Gasteiger charge is -2.09. The van der Waals surface area contributed by atoms with Crippen LogP contribution in [0.15, 0.2) is 79.3 Å². The molecule has 0 saturated carbocycles. The van der Waals surface area contributed by atoms with Crippen molar-refractivity contribution in [1.29, 1.82) is 0 Å². The minimum absolute atomic E-state index is 0.349. The fourth-order valence-electron chi connectivity index (χ4n) is 3.72. The second kappa shape index (κ2) is 8.16. The molecule has 0 bridgehead atoms.